The van der Waals surface area contributed by atoms with E-state index >= 15 is 0 Å². The molecule has 0 unspecified atom stereocenters. The number of benzene rings is 2. The fourth-order valence-electron chi connectivity index (χ4n) is 3.97. The van der Waals surface area contributed by atoms with Gasteiger partial charge >= 0.3 is 0 Å². The van der Waals surface area contributed by atoms with Crippen molar-refractivity contribution >= 4 is 33.2 Å². The molecule has 0 radical (unpaired) electrons. The van der Waals surface area contributed by atoms with Gasteiger partial charge in [0, 0.05) is 11.4 Å². The monoisotopic (exact) mass is 412 g/mol. The molecular formula is C26H24N2OS. The highest BCUT2D eigenvalue weighted by Crippen LogP contribution is 2.34. The lowest BCUT2D eigenvalue weighted by atomic mass is 9.86. The first-order chi connectivity index (χ1) is 14.4. The zero-order valence-corrected chi connectivity index (χ0v) is 18.3. The molecule has 30 heavy (non-hydrogen) atoms. The molecular weight excluding hydrogens is 388 g/mol. The summed E-state index contributed by atoms with van der Waals surface area (Å²) in [5.41, 5.74) is 4.94. The molecule has 0 bridgehead atoms. The largest absolute Gasteiger partial charge is 0.292 e. The van der Waals surface area contributed by atoms with Crippen LogP contribution in [0.1, 0.15) is 44.1 Å². The summed E-state index contributed by atoms with van der Waals surface area (Å²) in [4.78, 5) is 19.9. The summed E-state index contributed by atoms with van der Waals surface area (Å²) in [5.74, 6) is 0.814. The molecule has 0 spiro atoms. The Morgan fingerprint density at radius 2 is 1.77 bits per heavy atom. The number of fused-ring (bicyclic) bond motifs is 2. The van der Waals surface area contributed by atoms with Gasteiger partial charge in [-0.15, -0.1) is 11.3 Å². The first kappa shape index (κ1) is 19.0. The molecule has 1 aliphatic rings. The third-order valence-electron chi connectivity index (χ3n) is 5.72. The molecule has 150 valence electrons. The van der Waals surface area contributed by atoms with Gasteiger partial charge in [0.25, 0.3) is 5.56 Å². The molecule has 4 aromatic rings. The third-order valence-corrected chi connectivity index (χ3v) is 6.80. The van der Waals surface area contributed by atoms with Crippen molar-refractivity contribution < 1.29 is 0 Å². The number of hydrogen-bond donors (Lipinski definition) is 0. The first-order valence-electron chi connectivity index (χ1n) is 10.3. The molecule has 3 heterocycles. The lowest BCUT2D eigenvalue weighted by molar-refractivity contribution is 0.590. The van der Waals surface area contributed by atoms with E-state index < -0.39 is 0 Å². The van der Waals surface area contributed by atoms with Gasteiger partial charge in [-0.05, 0) is 46.2 Å². The van der Waals surface area contributed by atoms with Crippen molar-refractivity contribution in [1.82, 2.24) is 9.55 Å². The fraction of sp³-hybridized carbons (Fsp3) is 0.231. The minimum absolute atomic E-state index is 0.0694. The topological polar surface area (TPSA) is 34.9 Å². The highest BCUT2D eigenvalue weighted by Gasteiger charge is 2.22. The Kier molecular flexibility index (Phi) is 4.48. The Hall–Kier alpha value is -2.98. The molecule has 2 aromatic heterocycles. The number of thiophene rings is 1. The van der Waals surface area contributed by atoms with Crippen LogP contribution in [0.3, 0.4) is 0 Å². The number of allylic oxidation sites excluding steroid dienone is 1. The van der Waals surface area contributed by atoms with Gasteiger partial charge < -0.3 is 0 Å². The van der Waals surface area contributed by atoms with Crippen molar-refractivity contribution in [2.45, 2.75) is 39.2 Å². The van der Waals surface area contributed by atoms with Crippen LogP contribution in [0.2, 0.25) is 0 Å². The molecule has 0 fully saturated rings. The van der Waals surface area contributed by atoms with E-state index in [-0.39, 0.29) is 11.0 Å². The third kappa shape index (κ3) is 3.31. The molecule has 0 saturated carbocycles. The van der Waals surface area contributed by atoms with Crippen molar-refractivity contribution in [2.75, 3.05) is 0 Å². The summed E-state index contributed by atoms with van der Waals surface area (Å²) in [7, 11) is 0. The normalized spacial score (nSPS) is 15.1. The number of hydrogen-bond acceptors (Lipinski definition) is 3. The number of nitrogens with zero attached hydrogens (tertiary/aromatic N) is 2. The molecule has 0 N–H and O–H groups in total. The van der Waals surface area contributed by atoms with Crippen molar-refractivity contribution in [2.24, 2.45) is 0 Å². The van der Waals surface area contributed by atoms with Gasteiger partial charge in [0.2, 0.25) is 0 Å². The van der Waals surface area contributed by atoms with Crippen LogP contribution >= 0.6 is 11.3 Å². The first-order valence-corrected chi connectivity index (χ1v) is 11.1. The van der Waals surface area contributed by atoms with Gasteiger partial charge in [0.05, 0.1) is 5.39 Å². The Balaban J connectivity index is 1.56. The van der Waals surface area contributed by atoms with Crippen LogP contribution in [0.15, 0.2) is 65.5 Å². The van der Waals surface area contributed by atoms with Crippen LogP contribution in [0.5, 0.6) is 0 Å². The van der Waals surface area contributed by atoms with E-state index in [0.717, 1.165) is 44.0 Å². The van der Waals surface area contributed by atoms with E-state index in [1.807, 2.05) is 28.8 Å². The molecule has 2 aromatic carbocycles. The summed E-state index contributed by atoms with van der Waals surface area (Å²) in [5, 5.41) is 0.721. The molecule has 0 aliphatic carbocycles. The van der Waals surface area contributed by atoms with Crippen molar-refractivity contribution in [3.63, 3.8) is 0 Å². The van der Waals surface area contributed by atoms with E-state index in [9.17, 15) is 4.79 Å². The second kappa shape index (κ2) is 7.06. The average Bonchev–Trinajstić information content (AvgIpc) is 3.34. The van der Waals surface area contributed by atoms with E-state index in [1.165, 1.54) is 5.56 Å². The van der Waals surface area contributed by atoms with Crippen molar-refractivity contribution in [3.8, 4) is 10.4 Å². The van der Waals surface area contributed by atoms with Gasteiger partial charge in [-0.3, -0.25) is 9.36 Å². The standard InChI is InChI=1S/C26H24N2OS/c1-26(2,3)20-11-9-17(10-12-20)15-19-13-14-28-23(19)27-24-21(25(28)29)16-22(30-24)18-7-5-4-6-8-18/h4-12,15-16H,13-14H2,1-3H3/b19-15+. The molecule has 4 heteroatoms. The minimum Gasteiger partial charge on any atom is -0.292 e. The highest BCUT2D eigenvalue weighted by atomic mass is 32.1. The van der Waals surface area contributed by atoms with E-state index in [4.69, 9.17) is 4.98 Å². The Morgan fingerprint density at radius 1 is 1.03 bits per heavy atom. The summed E-state index contributed by atoms with van der Waals surface area (Å²) < 4.78 is 1.83. The minimum atomic E-state index is 0.0694. The zero-order valence-electron chi connectivity index (χ0n) is 17.5. The van der Waals surface area contributed by atoms with Crippen molar-refractivity contribution in [1.29, 1.82) is 0 Å². The quantitative estimate of drug-likeness (QED) is 0.384. The van der Waals surface area contributed by atoms with Crippen LogP contribution in [0, 0.1) is 0 Å². The Bertz CT molecular complexity index is 1320. The number of rotatable bonds is 2. The fourth-order valence-corrected chi connectivity index (χ4v) is 5.00. The van der Waals surface area contributed by atoms with Crippen LogP contribution in [-0.2, 0) is 12.0 Å². The average molecular weight is 413 g/mol. The van der Waals surface area contributed by atoms with E-state index in [1.54, 1.807) is 11.3 Å². The second-order valence-electron chi connectivity index (χ2n) is 8.88. The van der Waals surface area contributed by atoms with E-state index in [2.05, 4.69) is 63.2 Å². The highest BCUT2D eigenvalue weighted by molar-refractivity contribution is 7.21. The zero-order chi connectivity index (χ0) is 20.9. The lowest BCUT2D eigenvalue weighted by Gasteiger charge is -2.18. The van der Waals surface area contributed by atoms with Gasteiger partial charge in [0.1, 0.15) is 10.7 Å². The summed E-state index contributed by atoms with van der Waals surface area (Å²) in [6.07, 6.45) is 3.02. The maximum Gasteiger partial charge on any atom is 0.262 e. The van der Waals surface area contributed by atoms with Crippen LogP contribution in [-0.4, -0.2) is 9.55 Å². The maximum absolute atomic E-state index is 13.1. The van der Waals surface area contributed by atoms with Gasteiger partial charge in [0.15, 0.2) is 0 Å². The summed E-state index contributed by atoms with van der Waals surface area (Å²) >= 11 is 1.59. The van der Waals surface area contributed by atoms with Crippen molar-refractivity contribution in [3.05, 3.63) is 88.0 Å². The smallest absolute Gasteiger partial charge is 0.262 e. The number of aromatic nitrogens is 2. The summed E-state index contributed by atoms with van der Waals surface area (Å²) in [6.45, 7) is 7.36. The van der Waals surface area contributed by atoms with Gasteiger partial charge in [-0.2, -0.15) is 0 Å². The molecule has 1 aliphatic heterocycles. The second-order valence-corrected chi connectivity index (χ2v) is 9.91. The van der Waals surface area contributed by atoms with Gasteiger partial charge in [-0.25, -0.2) is 4.98 Å². The van der Waals surface area contributed by atoms with Crippen LogP contribution in [0.25, 0.3) is 32.3 Å². The molecule has 0 amide bonds. The molecule has 0 saturated heterocycles. The summed E-state index contributed by atoms with van der Waals surface area (Å²) in [6, 6.07) is 20.9. The Labute approximate surface area is 180 Å². The maximum atomic E-state index is 13.1. The predicted octanol–water partition coefficient (Wildman–Crippen LogP) is 6.37. The van der Waals surface area contributed by atoms with Crippen LogP contribution < -0.4 is 5.56 Å². The van der Waals surface area contributed by atoms with E-state index in [0.29, 0.717) is 6.54 Å². The Morgan fingerprint density at radius 3 is 2.47 bits per heavy atom. The molecule has 3 nitrogen and oxygen atoms in total. The van der Waals surface area contributed by atoms with Crippen LogP contribution in [0.4, 0.5) is 0 Å². The SMILES string of the molecule is CC(C)(C)c1ccc(/C=C2\CCn3c2nc2sc(-c4ccccc4)cc2c3=O)cc1. The molecule has 0 atom stereocenters. The molecule has 5 rings (SSSR count). The lowest BCUT2D eigenvalue weighted by Crippen LogP contribution is -2.19. The van der Waals surface area contributed by atoms with Gasteiger partial charge in [-0.1, -0.05) is 75.4 Å². The predicted molar refractivity (Wildman–Crippen MR) is 127 cm³/mol.